The maximum absolute atomic E-state index is 11.8. The third-order valence-electron chi connectivity index (χ3n) is 3.88. The molecule has 0 saturated carbocycles. The van der Waals surface area contributed by atoms with Crippen molar-refractivity contribution in [2.75, 3.05) is 12.3 Å². The zero-order valence-corrected chi connectivity index (χ0v) is 18.9. The first-order chi connectivity index (χ1) is 14.6. The Morgan fingerprint density at radius 1 is 1.18 bits per heavy atom. The Balaban J connectivity index is 0.00000385. The van der Waals surface area contributed by atoms with Crippen LogP contribution in [0.15, 0.2) is 11.1 Å². The molecule has 1 saturated heterocycles. The quantitative estimate of drug-likeness (QED) is 0.124. The second kappa shape index (κ2) is 9.96. The molecule has 0 aromatic carbocycles. The molecule has 19 nitrogen and oxygen atoms in total. The summed E-state index contributed by atoms with van der Waals surface area (Å²) in [5, 5.41) is 20.4. The van der Waals surface area contributed by atoms with Crippen molar-refractivity contribution in [1.82, 2.24) is 19.5 Å². The number of imidazole rings is 1. The van der Waals surface area contributed by atoms with Gasteiger partial charge >= 0.3 is 34.5 Å². The molecule has 8 N–H and O–H groups in total. The van der Waals surface area contributed by atoms with Crippen molar-refractivity contribution in [2.45, 2.75) is 24.5 Å². The number of hydrogen-bond acceptors (Lipinski definition) is 14. The zero-order valence-electron chi connectivity index (χ0n) is 16.3. The van der Waals surface area contributed by atoms with Crippen LogP contribution < -0.4 is 35.0 Å². The molecule has 0 radical (unpaired) electrons. The van der Waals surface area contributed by atoms with E-state index in [9.17, 15) is 38.5 Å². The van der Waals surface area contributed by atoms with Crippen LogP contribution >= 0.6 is 23.5 Å². The smallest absolute Gasteiger partial charge is 0.756 e. The van der Waals surface area contributed by atoms with Crippen LogP contribution in [0, 0.1) is 0 Å². The van der Waals surface area contributed by atoms with E-state index in [2.05, 4.69) is 28.1 Å². The largest absolute Gasteiger partial charge is 1.00 e. The number of aromatic amines is 1. The number of hydrogen-bond donors (Lipinski definition) is 7. The van der Waals surface area contributed by atoms with E-state index >= 15 is 0 Å². The SMILES string of the molecule is Nc1nc2c(ncn2[C@@H]2O[C@H](COP(=O)(O)OP(=O)(O)OP(=O)([O-])O)[C@@H](O)[C@H]2O)c(=O)[nH]1.[Li+]. The van der Waals surface area contributed by atoms with E-state index < -0.39 is 60.2 Å². The molecule has 1 aliphatic rings. The molecule has 23 heteroatoms. The summed E-state index contributed by atoms with van der Waals surface area (Å²) in [6, 6.07) is 0. The topological polar surface area (TPSA) is 302 Å². The molecule has 33 heavy (non-hydrogen) atoms. The van der Waals surface area contributed by atoms with Crippen LogP contribution in [0.3, 0.4) is 0 Å². The fourth-order valence-corrected chi connectivity index (χ4v) is 5.69. The number of H-pyrrole nitrogens is 1. The van der Waals surface area contributed by atoms with Gasteiger partial charge in [-0.15, -0.1) is 0 Å². The number of phosphoric acid groups is 3. The number of nitrogens with zero attached hydrogens (tertiary/aromatic N) is 3. The number of nitrogens with one attached hydrogen (secondary N) is 1. The van der Waals surface area contributed by atoms with Crippen LogP contribution in [0.2, 0.25) is 0 Å². The van der Waals surface area contributed by atoms with Gasteiger partial charge in [0.1, 0.15) is 18.3 Å². The first-order valence-corrected chi connectivity index (χ1v) is 12.6. The number of nitrogens with two attached hydrogens (primary N) is 1. The number of anilines is 1. The van der Waals surface area contributed by atoms with Crippen LogP contribution in [-0.4, -0.2) is 69.3 Å². The minimum absolute atomic E-state index is 0. The molecule has 7 atom stereocenters. The summed E-state index contributed by atoms with van der Waals surface area (Å²) in [6.07, 6.45) is -5.38. The monoisotopic (exact) mass is 529 g/mol. The second-order valence-corrected chi connectivity index (χ2v) is 10.6. The normalized spacial score (nSPS) is 28.5. The Kier molecular flexibility index (Phi) is 8.53. The van der Waals surface area contributed by atoms with Crippen LogP contribution in [0.4, 0.5) is 5.95 Å². The molecular formula is C10H15LiN5O14P3. The molecule has 3 heterocycles. The Labute approximate surface area is 194 Å². The maximum Gasteiger partial charge on any atom is 1.00 e. The van der Waals surface area contributed by atoms with Crippen LogP contribution in [0.25, 0.3) is 11.2 Å². The summed E-state index contributed by atoms with van der Waals surface area (Å²) < 4.78 is 51.3. The maximum atomic E-state index is 11.8. The predicted octanol–water partition coefficient (Wildman–Crippen LogP) is -5.96. The molecule has 2 aromatic heterocycles. The number of aliphatic hydroxyl groups excluding tert-OH is 2. The molecule has 0 spiro atoms. The average molecular weight is 529 g/mol. The molecule has 0 aliphatic carbocycles. The Bertz CT molecular complexity index is 1210. The van der Waals surface area contributed by atoms with Crippen molar-refractivity contribution >= 4 is 40.6 Å². The molecule has 3 rings (SSSR count). The Morgan fingerprint density at radius 2 is 1.82 bits per heavy atom. The third kappa shape index (κ3) is 6.80. The van der Waals surface area contributed by atoms with Gasteiger partial charge in [-0.25, -0.2) is 18.4 Å². The molecular weight excluding hydrogens is 514 g/mol. The number of ether oxygens (including phenoxy) is 1. The van der Waals surface area contributed by atoms with Gasteiger partial charge < -0.3 is 40.3 Å². The van der Waals surface area contributed by atoms with Crippen molar-refractivity contribution in [3.05, 3.63) is 16.7 Å². The van der Waals surface area contributed by atoms with Crippen LogP contribution in [0.1, 0.15) is 6.23 Å². The molecule has 180 valence electrons. The van der Waals surface area contributed by atoms with Gasteiger partial charge in [-0.2, -0.15) is 9.29 Å². The molecule has 3 unspecified atom stereocenters. The number of phosphoric ester groups is 1. The van der Waals surface area contributed by atoms with Gasteiger partial charge in [0, 0.05) is 0 Å². The summed E-state index contributed by atoms with van der Waals surface area (Å²) in [7, 11) is -17.1. The summed E-state index contributed by atoms with van der Waals surface area (Å²) in [5.41, 5.74) is 4.48. The Hall–Kier alpha value is -0.963. The average Bonchev–Trinajstić information content (AvgIpc) is 3.12. The predicted molar refractivity (Wildman–Crippen MR) is 96.1 cm³/mol. The van der Waals surface area contributed by atoms with E-state index in [1.54, 1.807) is 0 Å². The van der Waals surface area contributed by atoms with E-state index in [0.29, 0.717) is 0 Å². The van der Waals surface area contributed by atoms with Gasteiger partial charge in [-0.3, -0.25) is 23.4 Å². The number of nitrogen functional groups attached to an aromatic ring is 1. The first-order valence-electron chi connectivity index (χ1n) is 8.09. The summed E-state index contributed by atoms with van der Waals surface area (Å²) in [5.74, 6) is -0.281. The van der Waals surface area contributed by atoms with E-state index in [4.69, 9.17) is 20.3 Å². The molecule has 1 fully saturated rings. The molecule has 0 amide bonds. The van der Waals surface area contributed by atoms with E-state index in [0.717, 1.165) is 10.9 Å². The zero-order chi connectivity index (χ0) is 24.1. The summed E-state index contributed by atoms with van der Waals surface area (Å²) >= 11 is 0. The van der Waals surface area contributed by atoms with Gasteiger partial charge in [0.15, 0.2) is 17.4 Å². The second-order valence-electron chi connectivity index (χ2n) is 6.19. The van der Waals surface area contributed by atoms with Crippen LogP contribution in [0.5, 0.6) is 0 Å². The fraction of sp³-hybridized carbons (Fsp3) is 0.500. The van der Waals surface area contributed by atoms with Crippen molar-refractivity contribution in [2.24, 2.45) is 0 Å². The minimum Gasteiger partial charge on any atom is -0.756 e. The number of rotatable bonds is 8. The summed E-state index contributed by atoms with van der Waals surface area (Å²) in [6.45, 7) is -1.03. The Morgan fingerprint density at radius 3 is 2.42 bits per heavy atom. The standard InChI is InChI=1S/C10H16N5O14P3.Li/c11-10-13-7-4(8(18)14-10)12-2-15(7)9-6(17)5(16)3(27-9)1-26-31(22,23)29-32(24,25)28-30(19,20)21;/h2-3,5-6,9,16-17H,1H2,(H,22,23)(H,24,25)(H2,19,20,21)(H3,11,13,14,18);/q;+1/p-1/t3-,5-,6-,9-;/m1./s1. The molecule has 0 bridgehead atoms. The molecule has 2 aromatic rings. The van der Waals surface area contributed by atoms with Gasteiger partial charge in [-0.05, 0) is 0 Å². The minimum atomic E-state index is -5.82. The van der Waals surface area contributed by atoms with E-state index in [1.807, 2.05) is 0 Å². The fourth-order valence-electron chi connectivity index (χ4n) is 2.69. The van der Waals surface area contributed by atoms with Crippen molar-refractivity contribution in [3.8, 4) is 0 Å². The number of aromatic nitrogens is 4. The van der Waals surface area contributed by atoms with Gasteiger partial charge in [0.25, 0.3) is 13.4 Å². The third-order valence-corrected chi connectivity index (χ3v) is 7.65. The van der Waals surface area contributed by atoms with Gasteiger partial charge in [0.05, 0.1) is 12.9 Å². The van der Waals surface area contributed by atoms with Gasteiger partial charge in [-0.1, -0.05) is 0 Å². The first kappa shape index (κ1) is 28.3. The van der Waals surface area contributed by atoms with Crippen molar-refractivity contribution in [3.63, 3.8) is 0 Å². The van der Waals surface area contributed by atoms with E-state index in [-0.39, 0.29) is 36.0 Å². The number of aliphatic hydroxyl groups is 2. The van der Waals surface area contributed by atoms with Gasteiger partial charge in [0.2, 0.25) is 5.95 Å². The molecule has 1 aliphatic heterocycles. The van der Waals surface area contributed by atoms with Crippen molar-refractivity contribution in [1.29, 1.82) is 0 Å². The number of fused-ring (bicyclic) bond motifs is 1. The van der Waals surface area contributed by atoms with Crippen LogP contribution in [-0.2, 0) is 31.6 Å². The van der Waals surface area contributed by atoms with Crippen molar-refractivity contribution < 1.29 is 80.2 Å². The van der Waals surface area contributed by atoms with E-state index in [1.165, 1.54) is 0 Å². The summed E-state index contributed by atoms with van der Waals surface area (Å²) in [4.78, 5) is 59.1.